The van der Waals surface area contributed by atoms with Crippen molar-refractivity contribution in [2.45, 2.75) is 13.8 Å². The molecule has 0 bridgehead atoms. The molecule has 20 heavy (non-hydrogen) atoms. The highest BCUT2D eigenvalue weighted by Gasteiger charge is 2.21. The lowest BCUT2D eigenvalue weighted by Gasteiger charge is -2.16. The molecule has 2 aromatic carbocycles. The fourth-order valence-corrected chi connectivity index (χ4v) is 2.27. The molecule has 4 heteroatoms. The van der Waals surface area contributed by atoms with E-state index in [4.69, 9.17) is 22.0 Å². The maximum absolute atomic E-state index is 6.22. The van der Waals surface area contributed by atoms with E-state index < -0.39 is 0 Å². The predicted octanol–water partition coefficient (Wildman–Crippen LogP) is 2.04. The second-order valence-corrected chi connectivity index (χ2v) is 5.37. The number of halogens is 1. The smallest absolute Gasteiger partial charge is 0.361 e. The van der Waals surface area contributed by atoms with Gasteiger partial charge in [0.1, 0.15) is 0 Å². The highest BCUT2D eigenvalue weighted by molar-refractivity contribution is 6.80. The van der Waals surface area contributed by atoms with Crippen LogP contribution in [-0.4, -0.2) is 20.1 Å². The van der Waals surface area contributed by atoms with E-state index in [1.807, 2.05) is 19.1 Å². The minimum absolute atomic E-state index is 0.128. The topological polar surface area (TPSA) is 35.2 Å². The minimum atomic E-state index is -0.128. The number of hydrogen-bond acceptors (Lipinski definition) is 2. The summed E-state index contributed by atoms with van der Waals surface area (Å²) in [5.74, 6) is 0. The van der Waals surface area contributed by atoms with Crippen LogP contribution in [0, 0.1) is 13.8 Å². The molecule has 0 unspecified atom stereocenters. The lowest BCUT2D eigenvalue weighted by atomic mass is 9.55. The molecule has 2 rings (SSSR count). The van der Waals surface area contributed by atoms with E-state index in [-0.39, 0.29) is 6.92 Å². The van der Waals surface area contributed by atoms with Gasteiger partial charge in [-0.15, -0.1) is 0 Å². The van der Waals surface area contributed by atoms with Gasteiger partial charge in [-0.3, -0.25) is 0 Å². The quantitative estimate of drug-likeness (QED) is 0.854. The molecule has 104 valence electrons. The second kappa shape index (κ2) is 6.93. The van der Waals surface area contributed by atoms with Crippen molar-refractivity contribution < 1.29 is 4.65 Å². The molecule has 0 spiro atoms. The van der Waals surface area contributed by atoms with Crippen LogP contribution in [0.4, 0.5) is 0 Å². The third kappa shape index (κ3) is 3.63. The molecule has 0 aliphatic carbocycles. The largest absolute Gasteiger partial charge is 0.426 e. The van der Waals surface area contributed by atoms with Gasteiger partial charge in [-0.1, -0.05) is 53.6 Å². The van der Waals surface area contributed by atoms with Crippen LogP contribution < -0.4 is 16.7 Å². The molecule has 2 aromatic rings. The van der Waals surface area contributed by atoms with Crippen LogP contribution in [0.5, 0.6) is 0 Å². The van der Waals surface area contributed by atoms with Crippen LogP contribution in [0.25, 0.3) is 0 Å². The molecule has 0 aliphatic heterocycles. The highest BCUT2D eigenvalue weighted by Crippen LogP contribution is 2.12. The molecule has 2 nitrogen and oxygen atoms in total. The highest BCUT2D eigenvalue weighted by atomic mass is 35.5. The third-order valence-corrected chi connectivity index (χ3v) is 3.69. The second-order valence-electron chi connectivity index (χ2n) is 4.96. The summed E-state index contributed by atoms with van der Waals surface area (Å²) >= 11 is 6.22. The van der Waals surface area contributed by atoms with Gasteiger partial charge in [-0.2, -0.15) is 0 Å². The Hall–Kier alpha value is -1.29. The van der Waals surface area contributed by atoms with Gasteiger partial charge in [0.2, 0.25) is 0 Å². The summed E-state index contributed by atoms with van der Waals surface area (Å²) in [7, 11) is 0. The van der Waals surface area contributed by atoms with Gasteiger partial charge in [0, 0.05) is 18.2 Å². The number of hydrogen-bond donors (Lipinski definition) is 1. The van der Waals surface area contributed by atoms with Crippen molar-refractivity contribution in [2.75, 3.05) is 13.2 Å². The molecule has 0 atom stereocenters. The number of rotatable bonds is 5. The van der Waals surface area contributed by atoms with E-state index >= 15 is 0 Å². The van der Waals surface area contributed by atoms with Crippen LogP contribution in [0.3, 0.4) is 0 Å². The number of benzene rings is 2. The summed E-state index contributed by atoms with van der Waals surface area (Å²) in [4.78, 5) is 0. The van der Waals surface area contributed by atoms with Gasteiger partial charge < -0.3 is 10.4 Å². The Morgan fingerprint density at radius 3 is 2.30 bits per heavy atom. The van der Waals surface area contributed by atoms with Gasteiger partial charge in [-0.25, -0.2) is 0 Å². The summed E-state index contributed by atoms with van der Waals surface area (Å²) in [6.07, 6.45) is 0. The number of nitrogens with two attached hydrogens (primary N) is 1. The molecule has 0 radical (unpaired) electrons. The van der Waals surface area contributed by atoms with E-state index in [9.17, 15) is 0 Å². The molecule has 0 heterocycles. The van der Waals surface area contributed by atoms with Crippen LogP contribution in [-0.2, 0) is 4.65 Å². The molecule has 0 fully saturated rings. The molecule has 0 aliphatic rings. The zero-order valence-electron chi connectivity index (χ0n) is 11.9. The summed E-state index contributed by atoms with van der Waals surface area (Å²) in [5, 5.41) is 0.760. The van der Waals surface area contributed by atoms with Gasteiger partial charge >= 0.3 is 6.92 Å². The van der Waals surface area contributed by atoms with Crippen molar-refractivity contribution in [1.82, 2.24) is 0 Å². The van der Waals surface area contributed by atoms with Crippen LogP contribution in [0.15, 0.2) is 42.5 Å². The Morgan fingerprint density at radius 2 is 1.70 bits per heavy atom. The van der Waals surface area contributed by atoms with Gasteiger partial charge in [0.15, 0.2) is 0 Å². The molecule has 0 amide bonds. The molecular weight excluding hydrogens is 268 g/mol. The van der Waals surface area contributed by atoms with E-state index in [0.717, 1.165) is 21.5 Å². The first kappa shape index (κ1) is 15.1. The molecule has 2 N–H and O–H groups in total. The zero-order chi connectivity index (χ0) is 14.5. The Kier molecular flexibility index (Phi) is 5.24. The van der Waals surface area contributed by atoms with Gasteiger partial charge in [0.25, 0.3) is 0 Å². The van der Waals surface area contributed by atoms with Crippen LogP contribution in [0.2, 0.25) is 5.02 Å². The monoisotopic (exact) mass is 287 g/mol. The van der Waals surface area contributed by atoms with E-state index in [0.29, 0.717) is 13.2 Å². The van der Waals surface area contributed by atoms with Crippen molar-refractivity contribution >= 4 is 29.4 Å². The van der Waals surface area contributed by atoms with E-state index in [2.05, 4.69) is 37.3 Å². The van der Waals surface area contributed by atoms with Gasteiger partial charge in [0.05, 0.1) is 0 Å². The van der Waals surface area contributed by atoms with Gasteiger partial charge in [-0.05, 0) is 36.4 Å². The molecule has 0 saturated heterocycles. The normalized spacial score (nSPS) is 10.6. The standard InChI is InChI=1S/C16H19BClNO/c1-12-3-6-14(7-4-12)17(20-10-9-19)15-8-5-13(2)16(18)11-15/h3-8,11H,9-10,19H2,1-2H3. The molecule has 0 saturated carbocycles. The Bertz CT molecular complexity index is 571. The number of aryl methyl sites for hydroxylation is 2. The summed E-state index contributed by atoms with van der Waals surface area (Å²) in [6.45, 7) is 4.96. The summed E-state index contributed by atoms with van der Waals surface area (Å²) in [6, 6.07) is 14.4. The van der Waals surface area contributed by atoms with Crippen molar-refractivity contribution in [3.63, 3.8) is 0 Å². The fourth-order valence-electron chi connectivity index (χ4n) is 2.08. The predicted molar refractivity (Wildman–Crippen MR) is 87.4 cm³/mol. The average Bonchev–Trinajstić information content (AvgIpc) is 2.45. The zero-order valence-corrected chi connectivity index (χ0v) is 12.7. The first-order chi connectivity index (χ1) is 9.61. The summed E-state index contributed by atoms with van der Waals surface area (Å²) in [5.41, 5.74) is 10.0. The van der Waals surface area contributed by atoms with Crippen molar-refractivity contribution in [2.24, 2.45) is 5.73 Å². The molecular formula is C16H19BClNO. The summed E-state index contributed by atoms with van der Waals surface area (Å²) < 4.78 is 5.91. The third-order valence-electron chi connectivity index (χ3n) is 3.28. The average molecular weight is 288 g/mol. The van der Waals surface area contributed by atoms with Crippen molar-refractivity contribution in [3.05, 3.63) is 58.6 Å². The molecule has 0 aromatic heterocycles. The van der Waals surface area contributed by atoms with E-state index in [1.54, 1.807) is 0 Å². The first-order valence-corrected chi connectivity index (χ1v) is 7.14. The minimum Gasteiger partial charge on any atom is -0.426 e. The lowest BCUT2D eigenvalue weighted by Crippen LogP contribution is -2.45. The van der Waals surface area contributed by atoms with Crippen LogP contribution >= 0.6 is 11.6 Å². The Labute approximate surface area is 126 Å². The maximum atomic E-state index is 6.22. The Morgan fingerprint density at radius 1 is 1.05 bits per heavy atom. The van der Waals surface area contributed by atoms with E-state index in [1.165, 1.54) is 5.56 Å². The maximum Gasteiger partial charge on any atom is 0.361 e. The van der Waals surface area contributed by atoms with Crippen molar-refractivity contribution in [1.29, 1.82) is 0 Å². The first-order valence-electron chi connectivity index (χ1n) is 6.76. The lowest BCUT2D eigenvalue weighted by molar-refractivity contribution is 0.344. The van der Waals surface area contributed by atoms with Crippen LogP contribution in [0.1, 0.15) is 11.1 Å². The Balaban J connectivity index is 2.35. The SMILES string of the molecule is Cc1ccc(B(OCCN)c2ccc(C)c(Cl)c2)cc1. The fraction of sp³-hybridized carbons (Fsp3) is 0.250. The van der Waals surface area contributed by atoms with Crippen molar-refractivity contribution in [3.8, 4) is 0 Å².